The fourth-order valence-corrected chi connectivity index (χ4v) is 0.861. The van der Waals surface area contributed by atoms with Crippen molar-refractivity contribution in [2.24, 2.45) is 5.84 Å². The van der Waals surface area contributed by atoms with E-state index in [1.54, 1.807) is 6.92 Å². The lowest BCUT2D eigenvalue weighted by atomic mass is 10.1. The van der Waals surface area contributed by atoms with Crippen molar-refractivity contribution in [1.82, 2.24) is 5.43 Å². The van der Waals surface area contributed by atoms with Crippen molar-refractivity contribution in [3.63, 3.8) is 0 Å². The van der Waals surface area contributed by atoms with Crippen LogP contribution < -0.4 is 11.3 Å². The van der Waals surface area contributed by atoms with Gasteiger partial charge in [0.2, 0.25) is 0 Å². The summed E-state index contributed by atoms with van der Waals surface area (Å²) in [5.41, 5.74) is 3.21. The molecule has 1 atom stereocenters. The Morgan fingerprint density at radius 1 is 1.57 bits per heavy atom. The van der Waals surface area contributed by atoms with Crippen LogP contribution in [-0.2, 0) is 4.74 Å². The molecule has 0 saturated carbocycles. The van der Waals surface area contributed by atoms with Gasteiger partial charge in [-0.2, -0.15) is 13.2 Å². The molecule has 0 radical (unpaired) electrons. The molecule has 3 N–H and O–H groups in total. The monoisotopic (exact) mass is 212 g/mol. The van der Waals surface area contributed by atoms with Gasteiger partial charge in [0.05, 0.1) is 0 Å². The summed E-state index contributed by atoms with van der Waals surface area (Å²) in [5.74, 6) is 5.15. The predicted molar refractivity (Wildman–Crippen MR) is 47.4 cm³/mol. The lowest BCUT2D eigenvalue weighted by Crippen LogP contribution is -2.36. The molecule has 0 aliphatic rings. The standard InChI is InChI=1S/C8H15F3N2O/c1-6(2)7(13-12)3-4-14-5-8(9,10)11/h7,13H,1,3-5,12H2,2H3. The van der Waals surface area contributed by atoms with Gasteiger partial charge in [-0.3, -0.25) is 11.3 Å². The third-order valence-electron chi connectivity index (χ3n) is 1.61. The summed E-state index contributed by atoms with van der Waals surface area (Å²) in [6.45, 7) is 4.16. The molecule has 0 heterocycles. The average Bonchev–Trinajstić information content (AvgIpc) is 2.01. The Labute approximate surface area is 81.1 Å². The van der Waals surface area contributed by atoms with Gasteiger partial charge in [0.25, 0.3) is 0 Å². The number of nitrogens with two attached hydrogens (primary N) is 1. The number of hydrazine groups is 1. The number of halogens is 3. The van der Waals surface area contributed by atoms with E-state index >= 15 is 0 Å². The highest BCUT2D eigenvalue weighted by atomic mass is 19.4. The van der Waals surface area contributed by atoms with E-state index in [1.807, 2.05) is 0 Å². The van der Waals surface area contributed by atoms with E-state index in [4.69, 9.17) is 5.84 Å². The largest absolute Gasteiger partial charge is 0.411 e. The van der Waals surface area contributed by atoms with Crippen LogP contribution in [0.5, 0.6) is 0 Å². The van der Waals surface area contributed by atoms with Gasteiger partial charge in [0.15, 0.2) is 0 Å². The number of nitrogens with one attached hydrogen (secondary N) is 1. The van der Waals surface area contributed by atoms with Crippen molar-refractivity contribution in [2.45, 2.75) is 25.6 Å². The third kappa shape index (κ3) is 6.88. The SMILES string of the molecule is C=C(C)C(CCOCC(F)(F)F)NN. The molecule has 84 valence electrons. The molecular weight excluding hydrogens is 197 g/mol. The molecule has 6 heteroatoms. The molecule has 0 aromatic carbocycles. The lowest BCUT2D eigenvalue weighted by molar-refractivity contribution is -0.174. The minimum absolute atomic E-state index is 0.00123. The van der Waals surface area contributed by atoms with Crippen LogP contribution in [0.1, 0.15) is 13.3 Å². The minimum atomic E-state index is -4.27. The van der Waals surface area contributed by atoms with E-state index < -0.39 is 12.8 Å². The van der Waals surface area contributed by atoms with Gasteiger partial charge >= 0.3 is 6.18 Å². The zero-order valence-corrected chi connectivity index (χ0v) is 8.03. The van der Waals surface area contributed by atoms with Gasteiger partial charge in [-0.05, 0) is 13.3 Å². The first-order chi connectivity index (χ1) is 6.37. The Bertz CT molecular complexity index is 182. The van der Waals surface area contributed by atoms with Gasteiger partial charge in [-0.25, -0.2) is 0 Å². The van der Waals surface area contributed by atoms with Gasteiger partial charge in [0.1, 0.15) is 6.61 Å². The molecule has 0 spiro atoms. The van der Waals surface area contributed by atoms with Crippen LogP contribution in [0.15, 0.2) is 12.2 Å². The Kier molecular flexibility index (Phi) is 5.75. The fraction of sp³-hybridized carbons (Fsp3) is 0.750. The summed E-state index contributed by atoms with van der Waals surface area (Å²) in [6.07, 6.45) is -3.89. The maximum absolute atomic E-state index is 11.6. The third-order valence-corrected chi connectivity index (χ3v) is 1.61. The van der Waals surface area contributed by atoms with Crippen molar-refractivity contribution >= 4 is 0 Å². The first-order valence-corrected chi connectivity index (χ1v) is 4.13. The average molecular weight is 212 g/mol. The molecule has 0 aromatic rings. The van der Waals surface area contributed by atoms with Gasteiger partial charge in [0, 0.05) is 12.6 Å². The zero-order chi connectivity index (χ0) is 11.2. The summed E-state index contributed by atoms with van der Waals surface area (Å²) in [4.78, 5) is 0. The molecule has 1 unspecified atom stereocenters. The highest BCUT2D eigenvalue weighted by Gasteiger charge is 2.27. The highest BCUT2D eigenvalue weighted by Crippen LogP contribution is 2.14. The van der Waals surface area contributed by atoms with Crippen molar-refractivity contribution in [3.05, 3.63) is 12.2 Å². The van der Waals surface area contributed by atoms with Crippen LogP contribution in [-0.4, -0.2) is 25.4 Å². The number of alkyl halides is 3. The van der Waals surface area contributed by atoms with Crippen molar-refractivity contribution in [3.8, 4) is 0 Å². The molecule has 0 bridgehead atoms. The summed E-state index contributed by atoms with van der Waals surface area (Å²) >= 11 is 0. The molecule has 14 heavy (non-hydrogen) atoms. The molecule has 0 rings (SSSR count). The molecule has 3 nitrogen and oxygen atoms in total. The van der Waals surface area contributed by atoms with Crippen LogP contribution in [0.4, 0.5) is 13.2 Å². The number of rotatable bonds is 6. The van der Waals surface area contributed by atoms with Crippen molar-refractivity contribution in [2.75, 3.05) is 13.2 Å². The smallest absolute Gasteiger partial charge is 0.372 e. The first kappa shape index (κ1) is 13.4. The van der Waals surface area contributed by atoms with Crippen LogP contribution >= 0.6 is 0 Å². The minimum Gasteiger partial charge on any atom is -0.372 e. The van der Waals surface area contributed by atoms with Crippen LogP contribution in [0, 0.1) is 0 Å². The number of ether oxygens (including phenoxy) is 1. The molecule has 0 amide bonds. The summed E-state index contributed by atoms with van der Waals surface area (Å²) in [5, 5.41) is 0. The van der Waals surface area contributed by atoms with Gasteiger partial charge in [-0.1, -0.05) is 12.2 Å². The zero-order valence-electron chi connectivity index (χ0n) is 8.03. The fourth-order valence-electron chi connectivity index (χ4n) is 0.861. The van der Waals surface area contributed by atoms with E-state index in [2.05, 4.69) is 16.7 Å². The predicted octanol–water partition coefficient (Wildman–Crippen LogP) is 1.36. The van der Waals surface area contributed by atoms with Crippen LogP contribution in [0.25, 0.3) is 0 Å². The lowest BCUT2D eigenvalue weighted by Gasteiger charge is -2.15. The summed E-state index contributed by atoms with van der Waals surface area (Å²) in [6, 6.07) is -0.205. The van der Waals surface area contributed by atoms with E-state index in [-0.39, 0.29) is 12.6 Å². The quantitative estimate of drug-likeness (QED) is 0.302. The normalized spacial score (nSPS) is 14.1. The molecule has 0 saturated heterocycles. The Morgan fingerprint density at radius 3 is 2.50 bits per heavy atom. The Hall–Kier alpha value is -0.590. The van der Waals surface area contributed by atoms with Gasteiger partial charge < -0.3 is 4.74 Å². The van der Waals surface area contributed by atoms with Gasteiger partial charge in [-0.15, -0.1) is 0 Å². The maximum Gasteiger partial charge on any atom is 0.411 e. The highest BCUT2D eigenvalue weighted by molar-refractivity contribution is 5.00. The topological polar surface area (TPSA) is 47.3 Å². The summed E-state index contributed by atoms with van der Waals surface area (Å²) < 4.78 is 39.3. The Morgan fingerprint density at radius 2 is 2.14 bits per heavy atom. The van der Waals surface area contributed by atoms with Crippen LogP contribution in [0.2, 0.25) is 0 Å². The molecule has 0 fully saturated rings. The summed E-state index contributed by atoms with van der Waals surface area (Å²) in [7, 11) is 0. The van der Waals surface area contributed by atoms with Crippen LogP contribution in [0.3, 0.4) is 0 Å². The second-order valence-electron chi connectivity index (χ2n) is 3.02. The first-order valence-electron chi connectivity index (χ1n) is 4.13. The number of hydrogen-bond donors (Lipinski definition) is 2. The molecule has 0 aliphatic carbocycles. The number of hydrogen-bond acceptors (Lipinski definition) is 3. The molecule has 0 aliphatic heterocycles. The Balaban J connectivity index is 3.58. The van der Waals surface area contributed by atoms with E-state index in [9.17, 15) is 13.2 Å². The molecule has 0 aromatic heterocycles. The maximum atomic E-state index is 11.6. The second-order valence-corrected chi connectivity index (χ2v) is 3.02. The molecular formula is C8H15F3N2O. The van der Waals surface area contributed by atoms with E-state index in [0.717, 1.165) is 5.57 Å². The van der Waals surface area contributed by atoms with Crippen molar-refractivity contribution < 1.29 is 17.9 Å². The second kappa shape index (κ2) is 6.00. The van der Waals surface area contributed by atoms with E-state index in [0.29, 0.717) is 6.42 Å². The van der Waals surface area contributed by atoms with E-state index in [1.165, 1.54) is 0 Å². The van der Waals surface area contributed by atoms with Crippen molar-refractivity contribution in [1.29, 1.82) is 0 Å².